The fourth-order valence-electron chi connectivity index (χ4n) is 2.07. The number of hydrogen-bond acceptors (Lipinski definition) is 5. The molecule has 0 aromatic heterocycles. The molecule has 0 aliphatic carbocycles. The van der Waals surface area contributed by atoms with Crippen molar-refractivity contribution in [3.8, 4) is 11.5 Å². The third-order valence-corrected chi connectivity index (χ3v) is 4.06. The van der Waals surface area contributed by atoms with Gasteiger partial charge in [-0.3, -0.25) is 9.59 Å². The number of benzene rings is 2. The van der Waals surface area contributed by atoms with Crippen LogP contribution in [0.15, 0.2) is 46.0 Å². The lowest BCUT2D eigenvalue weighted by molar-refractivity contribution is -0.136. The van der Waals surface area contributed by atoms with E-state index in [4.69, 9.17) is 9.47 Å². The minimum Gasteiger partial charge on any atom is -0.454 e. The molecule has 0 radical (unpaired) electrons. The van der Waals surface area contributed by atoms with Crippen LogP contribution in [0.1, 0.15) is 11.1 Å². The van der Waals surface area contributed by atoms with Crippen LogP contribution in [0.3, 0.4) is 0 Å². The van der Waals surface area contributed by atoms with Gasteiger partial charge in [-0.1, -0.05) is 17.7 Å². The van der Waals surface area contributed by atoms with Crippen LogP contribution in [-0.2, 0) is 9.59 Å². The van der Waals surface area contributed by atoms with E-state index in [0.29, 0.717) is 22.7 Å². The molecule has 2 aromatic rings. The highest BCUT2D eigenvalue weighted by molar-refractivity contribution is 9.10. The molecular formula is C17H14BrN3O4. The van der Waals surface area contributed by atoms with Gasteiger partial charge in [0.15, 0.2) is 11.5 Å². The summed E-state index contributed by atoms with van der Waals surface area (Å²) in [6.07, 6.45) is 1.41. The molecule has 3 rings (SSSR count). The number of fused-ring (bicyclic) bond motifs is 1. The summed E-state index contributed by atoms with van der Waals surface area (Å²) < 4.78 is 11.3. The minimum atomic E-state index is -0.867. The lowest BCUT2D eigenvalue weighted by Gasteiger charge is -2.04. The number of anilines is 1. The van der Waals surface area contributed by atoms with Gasteiger partial charge in [-0.25, -0.2) is 5.43 Å². The number of nitrogens with one attached hydrogen (secondary N) is 2. The van der Waals surface area contributed by atoms with Crippen LogP contribution >= 0.6 is 15.9 Å². The number of ether oxygens (including phenoxy) is 2. The lowest BCUT2D eigenvalue weighted by Crippen LogP contribution is -2.32. The van der Waals surface area contributed by atoms with Gasteiger partial charge in [0.05, 0.1) is 6.21 Å². The van der Waals surface area contributed by atoms with Crippen molar-refractivity contribution in [2.24, 2.45) is 5.10 Å². The van der Waals surface area contributed by atoms with Gasteiger partial charge in [-0.15, -0.1) is 0 Å². The van der Waals surface area contributed by atoms with Gasteiger partial charge < -0.3 is 14.8 Å². The molecule has 2 N–H and O–H groups in total. The van der Waals surface area contributed by atoms with Crippen molar-refractivity contribution in [2.75, 3.05) is 12.1 Å². The standard InChI is InChI=1S/C17H14BrN3O4/c1-10-2-4-12(5-3-10)20-16(22)17(23)21-19-8-11-6-14-15(7-13(11)18)25-9-24-14/h2-8H,9H2,1H3,(H,20,22)(H,21,23)/b19-8+. The highest BCUT2D eigenvalue weighted by atomic mass is 79.9. The molecular weight excluding hydrogens is 390 g/mol. The van der Waals surface area contributed by atoms with E-state index >= 15 is 0 Å². The summed E-state index contributed by atoms with van der Waals surface area (Å²) in [5, 5.41) is 6.29. The number of halogens is 1. The Morgan fingerprint density at radius 3 is 2.52 bits per heavy atom. The predicted octanol–water partition coefficient (Wildman–Crippen LogP) is 2.58. The van der Waals surface area contributed by atoms with Crippen LogP contribution in [0.4, 0.5) is 5.69 Å². The molecule has 0 spiro atoms. The Balaban J connectivity index is 1.59. The Bertz CT molecular complexity index is 850. The van der Waals surface area contributed by atoms with E-state index < -0.39 is 11.8 Å². The highest BCUT2D eigenvalue weighted by Gasteiger charge is 2.16. The van der Waals surface area contributed by atoms with Crippen molar-refractivity contribution >= 4 is 39.6 Å². The molecule has 25 heavy (non-hydrogen) atoms. The molecule has 8 heteroatoms. The van der Waals surface area contributed by atoms with E-state index in [1.165, 1.54) is 6.21 Å². The van der Waals surface area contributed by atoms with Crippen LogP contribution in [0.25, 0.3) is 0 Å². The molecule has 0 bridgehead atoms. The van der Waals surface area contributed by atoms with Crippen LogP contribution in [0.2, 0.25) is 0 Å². The highest BCUT2D eigenvalue weighted by Crippen LogP contribution is 2.36. The third-order valence-electron chi connectivity index (χ3n) is 3.38. The van der Waals surface area contributed by atoms with Crippen LogP contribution in [0, 0.1) is 6.92 Å². The molecule has 2 amide bonds. The zero-order valence-electron chi connectivity index (χ0n) is 13.2. The number of hydrogen-bond donors (Lipinski definition) is 2. The summed E-state index contributed by atoms with van der Waals surface area (Å²) in [6, 6.07) is 10.6. The minimum absolute atomic E-state index is 0.165. The molecule has 1 heterocycles. The third kappa shape index (κ3) is 4.16. The summed E-state index contributed by atoms with van der Waals surface area (Å²) in [6.45, 7) is 2.10. The van der Waals surface area contributed by atoms with E-state index in [9.17, 15) is 9.59 Å². The van der Waals surface area contributed by atoms with Gasteiger partial charge in [-0.05, 0) is 47.1 Å². The molecule has 0 fully saturated rings. The Morgan fingerprint density at radius 2 is 1.80 bits per heavy atom. The Morgan fingerprint density at radius 1 is 1.12 bits per heavy atom. The van der Waals surface area contributed by atoms with E-state index in [1.807, 2.05) is 19.1 Å². The topological polar surface area (TPSA) is 89.0 Å². The first-order chi connectivity index (χ1) is 12.0. The number of carbonyl (C=O) groups is 2. The second-order valence-electron chi connectivity index (χ2n) is 5.25. The van der Waals surface area contributed by atoms with Crippen molar-refractivity contribution in [3.63, 3.8) is 0 Å². The van der Waals surface area contributed by atoms with Gasteiger partial charge in [0.1, 0.15) is 0 Å². The van der Waals surface area contributed by atoms with Crippen molar-refractivity contribution < 1.29 is 19.1 Å². The van der Waals surface area contributed by atoms with E-state index in [0.717, 1.165) is 10.0 Å². The van der Waals surface area contributed by atoms with Crippen molar-refractivity contribution in [3.05, 3.63) is 52.0 Å². The summed E-state index contributed by atoms with van der Waals surface area (Å²) >= 11 is 3.38. The number of aryl methyl sites for hydroxylation is 1. The first-order valence-electron chi connectivity index (χ1n) is 7.33. The van der Waals surface area contributed by atoms with E-state index in [1.54, 1.807) is 24.3 Å². The first kappa shape index (κ1) is 17.0. The monoisotopic (exact) mass is 403 g/mol. The Hall–Kier alpha value is -2.87. The summed E-state index contributed by atoms with van der Waals surface area (Å²) in [5.41, 5.74) is 4.45. The maximum Gasteiger partial charge on any atom is 0.329 e. The summed E-state index contributed by atoms with van der Waals surface area (Å²) in [5.74, 6) is -0.446. The number of hydrazone groups is 1. The number of rotatable bonds is 3. The SMILES string of the molecule is Cc1ccc(NC(=O)C(=O)N/N=C/c2cc3c(cc2Br)OCO3)cc1. The molecule has 128 valence electrons. The fraction of sp³-hybridized carbons (Fsp3) is 0.118. The lowest BCUT2D eigenvalue weighted by atomic mass is 10.2. The van der Waals surface area contributed by atoms with Gasteiger partial charge in [0.25, 0.3) is 0 Å². The van der Waals surface area contributed by atoms with E-state index in [2.05, 4.69) is 31.8 Å². The average Bonchev–Trinajstić information content (AvgIpc) is 3.04. The molecule has 0 atom stereocenters. The largest absolute Gasteiger partial charge is 0.454 e. The number of nitrogens with zero attached hydrogens (tertiary/aromatic N) is 1. The summed E-state index contributed by atoms with van der Waals surface area (Å²) in [7, 11) is 0. The van der Waals surface area contributed by atoms with Gasteiger partial charge in [0.2, 0.25) is 6.79 Å². The van der Waals surface area contributed by atoms with Crippen molar-refractivity contribution in [2.45, 2.75) is 6.92 Å². The molecule has 0 saturated heterocycles. The van der Waals surface area contributed by atoms with Gasteiger partial charge in [0, 0.05) is 15.7 Å². The molecule has 2 aromatic carbocycles. The quantitative estimate of drug-likeness (QED) is 0.468. The zero-order valence-corrected chi connectivity index (χ0v) is 14.8. The van der Waals surface area contributed by atoms with Crippen LogP contribution in [0.5, 0.6) is 11.5 Å². The predicted molar refractivity (Wildman–Crippen MR) is 95.8 cm³/mol. The molecule has 1 aliphatic heterocycles. The first-order valence-corrected chi connectivity index (χ1v) is 8.12. The normalized spacial score (nSPS) is 12.2. The molecule has 7 nitrogen and oxygen atoms in total. The van der Waals surface area contributed by atoms with Crippen molar-refractivity contribution in [1.82, 2.24) is 5.43 Å². The number of carbonyl (C=O) groups excluding carboxylic acids is 2. The second kappa shape index (κ2) is 7.35. The van der Waals surface area contributed by atoms with Gasteiger partial charge >= 0.3 is 11.8 Å². The molecule has 0 saturated carbocycles. The second-order valence-corrected chi connectivity index (χ2v) is 6.10. The number of amides is 2. The van der Waals surface area contributed by atoms with E-state index in [-0.39, 0.29) is 6.79 Å². The van der Waals surface area contributed by atoms with Crippen LogP contribution in [-0.4, -0.2) is 24.8 Å². The smallest absolute Gasteiger partial charge is 0.329 e. The van der Waals surface area contributed by atoms with Crippen LogP contribution < -0.4 is 20.2 Å². The zero-order chi connectivity index (χ0) is 17.8. The molecule has 1 aliphatic rings. The Labute approximate surface area is 152 Å². The Kier molecular flexibility index (Phi) is 4.99. The summed E-state index contributed by atoms with van der Waals surface area (Å²) in [4.78, 5) is 23.6. The van der Waals surface area contributed by atoms with Crippen molar-refractivity contribution in [1.29, 1.82) is 0 Å². The molecule has 0 unspecified atom stereocenters. The fourth-order valence-corrected chi connectivity index (χ4v) is 2.49. The maximum absolute atomic E-state index is 11.8. The average molecular weight is 404 g/mol. The van der Waals surface area contributed by atoms with Gasteiger partial charge in [-0.2, -0.15) is 5.10 Å². The maximum atomic E-state index is 11.8.